The Kier molecular flexibility index (Phi) is 6.83. The maximum Gasteiger partial charge on any atom is 0.267 e. The van der Waals surface area contributed by atoms with Gasteiger partial charge in [-0.3, -0.25) is 19.5 Å². The van der Waals surface area contributed by atoms with Gasteiger partial charge in [-0.1, -0.05) is 43.2 Å². The second-order valence-electron chi connectivity index (χ2n) is 7.84. The minimum atomic E-state index is 0.0943. The fraction of sp³-hybridized carbons (Fsp3) is 0.545. The van der Waals surface area contributed by atoms with Crippen molar-refractivity contribution in [2.24, 2.45) is 4.99 Å². The molecule has 3 heterocycles. The molecule has 3 aliphatic heterocycles. The summed E-state index contributed by atoms with van der Waals surface area (Å²) in [6.45, 7) is 5.75. The number of amides is 1. The van der Waals surface area contributed by atoms with Crippen LogP contribution in [-0.4, -0.2) is 65.3 Å². The Bertz CT molecular complexity index is 721. The van der Waals surface area contributed by atoms with Crippen LogP contribution < -0.4 is 0 Å². The third kappa shape index (κ3) is 5.04. The van der Waals surface area contributed by atoms with E-state index in [0.717, 1.165) is 41.8 Å². The summed E-state index contributed by atoms with van der Waals surface area (Å²) in [5.41, 5.74) is 1.06. The SMILES string of the molecule is O=C1C(=Cc2ccccc2)SC(=NCN2CCCCC2)N1CN1CCCCC1. The summed E-state index contributed by atoms with van der Waals surface area (Å²) in [5.74, 6) is 0.0943. The molecule has 0 aliphatic carbocycles. The van der Waals surface area contributed by atoms with Crippen molar-refractivity contribution < 1.29 is 4.79 Å². The second-order valence-corrected chi connectivity index (χ2v) is 8.84. The number of piperidine rings is 2. The zero-order chi connectivity index (χ0) is 19.2. The Labute approximate surface area is 172 Å². The number of rotatable bonds is 5. The second kappa shape index (κ2) is 9.72. The molecule has 0 saturated carbocycles. The summed E-state index contributed by atoms with van der Waals surface area (Å²) in [5, 5.41) is 0.864. The lowest BCUT2D eigenvalue weighted by atomic mass is 10.1. The van der Waals surface area contributed by atoms with Crippen LogP contribution in [0.15, 0.2) is 40.2 Å². The Morgan fingerprint density at radius 2 is 1.54 bits per heavy atom. The monoisotopic (exact) mass is 398 g/mol. The lowest BCUT2D eigenvalue weighted by molar-refractivity contribution is -0.123. The van der Waals surface area contributed by atoms with Crippen molar-refractivity contribution in [3.63, 3.8) is 0 Å². The van der Waals surface area contributed by atoms with Crippen LogP contribution in [0.2, 0.25) is 0 Å². The number of aliphatic imine (C=N–C) groups is 1. The molecule has 3 aliphatic rings. The molecule has 1 aromatic rings. The molecular formula is C22H30N4OS. The molecule has 0 aromatic heterocycles. The van der Waals surface area contributed by atoms with Gasteiger partial charge in [0, 0.05) is 0 Å². The number of likely N-dealkylation sites (tertiary alicyclic amines) is 2. The lowest BCUT2D eigenvalue weighted by Gasteiger charge is -2.30. The van der Waals surface area contributed by atoms with Gasteiger partial charge in [0.15, 0.2) is 5.17 Å². The van der Waals surface area contributed by atoms with Crippen LogP contribution in [0, 0.1) is 0 Å². The molecule has 150 valence electrons. The summed E-state index contributed by atoms with van der Waals surface area (Å²) >= 11 is 1.53. The minimum absolute atomic E-state index is 0.0943. The highest BCUT2D eigenvalue weighted by Gasteiger charge is 2.34. The predicted octanol–water partition coefficient (Wildman–Crippen LogP) is 3.85. The van der Waals surface area contributed by atoms with E-state index in [0.29, 0.717) is 13.3 Å². The van der Waals surface area contributed by atoms with Gasteiger partial charge in [0.1, 0.15) is 0 Å². The van der Waals surface area contributed by atoms with Gasteiger partial charge in [-0.25, -0.2) is 4.99 Å². The van der Waals surface area contributed by atoms with Gasteiger partial charge in [-0.2, -0.15) is 0 Å². The highest BCUT2D eigenvalue weighted by Crippen LogP contribution is 2.33. The van der Waals surface area contributed by atoms with E-state index in [9.17, 15) is 4.79 Å². The normalized spacial score (nSPS) is 25.1. The molecule has 0 bridgehead atoms. The van der Waals surface area contributed by atoms with Crippen molar-refractivity contribution in [3.05, 3.63) is 40.8 Å². The maximum atomic E-state index is 13.2. The highest BCUT2D eigenvalue weighted by molar-refractivity contribution is 8.18. The van der Waals surface area contributed by atoms with Crippen LogP contribution in [0.3, 0.4) is 0 Å². The van der Waals surface area contributed by atoms with Gasteiger partial charge < -0.3 is 0 Å². The van der Waals surface area contributed by atoms with E-state index in [4.69, 9.17) is 4.99 Å². The summed E-state index contributed by atoms with van der Waals surface area (Å²) in [6, 6.07) is 10.1. The fourth-order valence-corrected chi connectivity index (χ4v) is 4.98. The van der Waals surface area contributed by atoms with Crippen molar-refractivity contribution in [2.45, 2.75) is 38.5 Å². The quantitative estimate of drug-likeness (QED) is 0.707. The van der Waals surface area contributed by atoms with E-state index in [1.807, 2.05) is 41.3 Å². The summed E-state index contributed by atoms with van der Waals surface area (Å²) in [7, 11) is 0. The summed E-state index contributed by atoms with van der Waals surface area (Å²) < 4.78 is 0. The lowest BCUT2D eigenvalue weighted by Crippen LogP contribution is -2.43. The Morgan fingerprint density at radius 1 is 0.893 bits per heavy atom. The third-order valence-electron chi connectivity index (χ3n) is 5.63. The van der Waals surface area contributed by atoms with E-state index in [-0.39, 0.29) is 5.91 Å². The van der Waals surface area contributed by atoms with Crippen LogP contribution in [-0.2, 0) is 4.79 Å². The summed E-state index contributed by atoms with van der Waals surface area (Å²) in [6.07, 6.45) is 9.59. The van der Waals surface area contributed by atoms with Crippen molar-refractivity contribution in [1.82, 2.24) is 14.7 Å². The van der Waals surface area contributed by atoms with E-state index < -0.39 is 0 Å². The molecule has 1 aromatic carbocycles. The molecule has 0 N–H and O–H groups in total. The predicted molar refractivity (Wildman–Crippen MR) is 117 cm³/mol. The van der Waals surface area contributed by atoms with Crippen LogP contribution in [0.25, 0.3) is 6.08 Å². The average Bonchev–Trinajstić information content (AvgIpc) is 3.03. The van der Waals surface area contributed by atoms with E-state index in [1.54, 1.807) is 0 Å². The Hall–Kier alpha value is -1.63. The average molecular weight is 399 g/mol. The van der Waals surface area contributed by atoms with Crippen molar-refractivity contribution in [3.8, 4) is 0 Å². The number of carbonyl (C=O) groups is 1. The van der Waals surface area contributed by atoms with Crippen LogP contribution in [0.1, 0.15) is 44.1 Å². The number of nitrogens with zero attached hydrogens (tertiary/aromatic N) is 4. The van der Waals surface area contributed by atoms with Gasteiger partial charge in [0.2, 0.25) is 0 Å². The topological polar surface area (TPSA) is 39.2 Å². The first-order valence-electron chi connectivity index (χ1n) is 10.6. The van der Waals surface area contributed by atoms with Gasteiger partial charge in [-0.15, -0.1) is 0 Å². The molecule has 3 fully saturated rings. The molecule has 5 nitrogen and oxygen atoms in total. The molecule has 6 heteroatoms. The molecule has 0 spiro atoms. The smallest absolute Gasteiger partial charge is 0.267 e. The molecule has 4 rings (SSSR count). The number of hydrogen-bond donors (Lipinski definition) is 0. The first-order chi connectivity index (χ1) is 13.8. The molecule has 0 atom stereocenters. The maximum absolute atomic E-state index is 13.2. The molecule has 0 unspecified atom stereocenters. The number of hydrogen-bond acceptors (Lipinski definition) is 5. The third-order valence-corrected chi connectivity index (χ3v) is 6.67. The zero-order valence-electron chi connectivity index (χ0n) is 16.6. The molecule has 0 radical (unpaired) electrons. The fourth-order valence-electron chi connectivity index (χ4n) is 4.01. The van der Waals surface area contributed by atoms with Gasteiger partial charge in [-0.05, 0) is 75.3 Å². The van der Waals surface area contributed by atoms with Gasteiger partial charge in [0.05, 0.1) is 18.2 Å². The van der Waals surface area contributed by atoms with E-state index in [2.05, 4.69) is 9.80 Å². The van der Waals surface area contributed by atoms with Crippen molar-refractivity contribution in [2.75, 3.05) is 39.5 Å². The van der Waals surface area contributed by atoms with Crippen molar-refractivity contribution in [1.29, 1.82) is 0 Å². The molecular weight excluding hydrogens is 368 g/mol. The molecule has 28 heavy (non-hydrogen) atoms. The largest absolute Gasteiger partial charge is 0.286 e. The standard InChI is InChI=1S/C22H30N4OS/c27-21-20(16-19-10-4-1-5-11-19)28-22(23-17-24-12-6-2-7-13-24)26(21)18-25-14-8-3-9-15-25/h1,4-5,10-11,16H,2-3,6-9,12-15,17-18H2. The Balaban J connectivity index is 1.51. The first kappa shape index (κ1) is 19.7. The number of thioether (sulfide) groups is 1. The Morgan fingerprint density at radius 3 is 2.21 bits per heavy atom. The van der Waals surface area contributed by atoms with Crippen LogP contribution in [0.4, 0.5) is 0 Å². The minimum Gasteiger partial charge on any atom is -0.286 e. The summed E-state index contributed by atoms with van der Waals surface area (Å²) in [4.78, 5) is 25.5. The van der Waals surface area contributed by atoms with Crippen LogP contribution in [0.5, 0.6) is 0 Å². The van der Waals surface area contributed by atoms with E-state index in [1.165, 1.54) is 50.3 Å². The highest BCUT2D eigenvalue weighted by atomic mass is 32.2. The van der Waals surface area contributed by atoms with Gasteiger partial charge >= 0.3 is 0 Å². The van der Waals surface area contributed by atoms with E-state index >= 15 is 0 Å². The first-order valence-corrected chi connectivity index (χ1v) is 11.4. The molecule has 1 amide bonds. The van der Waals surface area contributed by atoms with Crippen LogP contribution >= 0.6 is 11.8 Å². The van der Waals surface area contributed by atoms with Gasteiger partial charge in [0.25, 0.3) is 5.91 Å². The number of carbonyl (C=O) groups excluding carboxylic acids is 1. The molecule has 3 saturated heterocycles. The number of benzene rings is 1. The zero-order valence-corrected chi connectivity index (χ0v) is 17.4. The van der Waals surface area contributed by atoms with Crippen molar-refractivity contribution >= 4 is 28.9 Å². The number of amidine groups is 1.